The number of likely N-dealkylation sites (N-methyl/N-ethyl adjacent to an activating group) is 1. The summed E-state index contributed by atoms with van der Waals surface area (Å²) in [4.78, 5) is 22.1. The third-order valence-corrected chi connectivity index (χ3v) is 6.97. The van der Waals surface area contributed by atoms with E-state index in [0.29, 0.717) is 6.04 Å². The second-order valence-electron chi connectivity index (χ2n) is 7.29. The highest BCUT2D eigenvalue weighted by atomic mass is 32.1. The molecule has 0 saturated carbocycles. The van der Waals surface area contributed by atoms with Crippen molar-refractivity contribution in [2.45, 2.75) is 45.6 Å². The summed E-state index contributed by atoms with van der Waals surface area (Å²) in [7, 11) is 2.26. The first-order valence-corrected chi connectivity index (χ1v) is 10.2. The lowest BCUT2D eigenvalue weighted by molar-refractivity contribution is 0.0569. The second-order valence-corrected chi connectivity index (χ2v) is 8.43. The predicted octanol–water partition coefficient (Wildman–Crippen LogP) is 2.86. The molecule has 2 saturated heterocycles. The van der Waals surface area contributed by atoms with Crippen molar-refractivity contribution < 1.29 is 4.79 Å². The Labute approximate surface area is 150 Å². The van der Waals surface area contributed by atoms with Crippen molar-refractivity contribution in [2.24, 2.45) is 0 Å². The molecule has 2 aliphatic rings. The Kier molecular flexibility index (Phi) is 5.95. The number of thiophene rings is 1. The lowest BCUT2D eigenvalue weighted by atomic mass is 10.0. The Balaban J connectivity index is 1.51. The smallest absolute Gasteiger partial charge is 0.264 e. The summed E-state index contributed by atoms with van der Waals surface area (Å²) in [6, 6.07) is 2.78. The highest BCUT2D eigenvalue weighted by Gasteiger charge is 2.27. The fourth-order valence-electron chi connectivity index (χ4n) is 3.94. The lowest BCUT2D eigenvalue weighted by Gasteiger charge is -2.40. The summed E-state index contributed by atoms with van der Waals surface area (Å²) in [6.45, 7) is 10.4. The van der Waals surface area contributed by atoms with Crippen LogP contribution in [-0.4, -0.2) is 73.0 Å². The van der Waals surface area contributed by atoms with Gasteiger partial charge >= 0.3 is 0 Å². The maximum atomic E-state index is 12.7. The summed E-state index contributed by atoms with van der Waals surface area (Å²) < 4.78 is 0. The molecule has 0 spiro atoms. The fourth-order valence-corrected chi connectivity index (χ4v) is 5.02. The Morgan fingerprint density at radius 2 is 1.96 bits per heavy atom. The summed E-state index contributed by atoms with van der Waals surface area (Å²) in [6.07, 6.45) is 5.05. The highest BCUT2D eigenvalue weighted by molar-refractivity contribution is 7.14. The van der Waals surface area contributed by atoms with Crippen LogP contribution in [0.2, 0.25) is 0 Å². The Morgan fingerprint density at radius 3 is 2.58 bits per heavy atom. The van der Waals surface area contributed by atoms with Gasteiger partial charge in [0.05, 0.1) is 4.88 Å². The molecule has 1 amide bonds. The summed E-state index contributed by atoms with van der Waals surface area (Å²) in [5.74, 6) is 0.234. The number of rotatable bonds is 4. The van der Waals surface area contributed by atoms with Crippen LogP contribution in [0.4, 0.5) is 0 Å². The first-order valence-electron chi connectivity index (χ1n) is 9.39. The summed E-state index contributed by atoms with van der Waals surface area (Å²) >= 11 is 1.68. The van der Waals surface area contributed by atoms with Gasteiger partial charge in [-0.05, 0) is 51.4 Å². The van der Waals surface area contributed by atoms with E-state index in [4.69, 9.17) is 0 Å². The molecule has 5 heteroatoms. The number of piperidine rings is 1. The van der Waals surface area contributed by atoms with Crippen LogP contribution in [0.15, 0.2) is 6.07 Å². The quantitative estimate of drug-likeness (QED) is 0.836. The van der Waals surface area contributed by atoms with E-state index in [1.165, 1.54) is 36.2 Å². The maximum Gasteiger partial charge on any atom is 0.264 e. The van der Waals surface area contributed by atoms with Gasteiger partial charge in [-0.25, -0.2) is 0 Å². The van der Waals surface area contributed by atoms with E-state index in [1.54, 1.807) is 11.3 Å². The topological polar surface area (TPSA) is 26.8 Å². The van der Waals surface area contributed by atoms with E-state index in [0.717, 1.165) is 44.0 Å². The molecule has 3 heterocycles. The molecule has 1 aromatic rings. The van der Waals surface area contributed by atoms with Gasteiger partial charge in [0.15, 0.2) is 0 Å². The van der Waals surface area contributed by atoms with Crippen LogP contribution in [0.3, 0.4) is 0 Å². The molecule has 1 atom stereocenters. The van der Waals surface area contributed by atoms with Crippen molar-refractivity contribution in [2.75, 3.05) is 46.3 Å². The molecule has 1 aromatic heterocycles. The molecule has 0 aromatic carbocycles. The van der Waals surface area contributed by atoms with Crippen molar-refractivity contribution >= 4 is 17.2 Å². The molecule has 4 nitrogen and oxygen atoms in total. The van der Waals surface area contributed by atoms with Crippen molar-refractivity contribution in [3.63, 3.8) is 0 Å². The third-order valence-electron chi connectivity index (χ3n) is 5.60. The van der Waals surface area contributed by atoms with E-state index in [1.807, 2.05) is 4.90 Å². The van der Waals surface area contributed by atoms with Gasteiger partial charge in [0.25, 0.3) is 5.91 Å². The SMILES string of the molecule is CCc1sc(C(=O)N2CCN(C[C@@H]3CCCCN3C)CC2)cc1C. The normalized spacial score (nSPS) is 23.6. The number of likely N-dealkylation sites (tertiary alicyclic amines) is 1. The number of carbonyl (C=O) groups excluding carboxylic acids is 1. The number of carbonyl (C=O) groups is 1. The van der Waals surface area contributed by atoms with E-state index >= 15 is 0 Å². The van der Waals surface area contributed by atoms with E-state index in [-0.39, 0.29) is 5.91 Å². The van der Waals surface area contributed by atoms with E-state index in [9.17, 15) is 4.79 Å². The molecule has 24 heavy (non-hydrogen) atoms. The summed E-state index contributed by atoms with van der Waals surface area (Å²) in [5, 5.41) is 0. The van der Waals surface area contributed by atoms with Crippen LogP contribution in [0, 0.1) is 6.92 Å². The van der Waals surface area contributed by atoms with Gasteiger partial charge in [0, 0.05) is 43.6 Å². The van der Waals surface area contributed by atoms with Gasteiger partial charge in [-0.15, -0.1) is 11.3 Å². The minimum atomic E-state index is 0.234. The molecule has 0 unspecified atom stereocenters. The molecule has 3 rings (SSSR count). The first-order chi connectivity index (χ1) is 11.6. The van der Waals surface area contributed by atoms with Crippen LogP contribution in [-0.2, 0) is 6.42 Å². The van der Waals surface area contributed by atoms with Crippen molar-refractivity contribution in [3.05, 3.63) is 21.4 Å². The maximum absolute atomic E-state index is 12.7. The van der Waals surface area contributed by atoms with Crippen molar-refractivity contribution in [3.8, 4) is 0 Å². The van der Waals surface area contributed by atoms with Gasteiger partial charge in [-0.2, -0.15) is 0 Å². The monoisotopic (exact) mass is 349 g/mol. The lowest BCUT2D eigenvalue weighted by Crippen LogP contribution is -2.52. The number of piperazine rings is 1. The Bertz CT molecular complexity index is 563. The first kappa shape index (κ1) is 17.9. The average molecular weight is 350 g/mol. The second kappa shape index (κ2) is 7.98. The molecular formula is C19H31N3OS. The molecule has 2 fully saturated rings. The van der Waals surface area contributed by atoms with Gasteiger partial charge in [-0.1, -0.05) is 13.3 Å². The van der Waals surface area contributed by atoms with Crippen molar-refractivity contribution in [1.82, 2.24) is 14.7 Å². The number of hydrogen-bond donors (Lipinski definition) is 0. The van der Waals surface area contributed by atoms with Gasteiger partial charge < -0.3 is 9.80 Å². The third kappa shape index (κ3) is 4.01. The minimum Gasteiger partial charge on any atom is -0.335 e. The fraction of sp³-hybridized carbons (Fsp3) is 0.737. The zero-order valence-electron chi connectivity index (χ0n) is 15.4. The van der Waals surface area contributed by atoms with Crippen LogP contribution in [0.1, 0.15) is 46.3 Å². The molecule has 0 N–H and O–H groups in total. The van der Waals surface area contributed by atoms with Gasteiger partial charge in [0.2, 0.25) is 0 Å². The largest absolute Gasteiger partial charge is 0.335 e. The summed E-state index contributed by atoms with van der Waals surface area (Å²) in [5.41, 5.74) is 1.27. The van der Waals surface area contributed by atoms with E-state index < -0.39 is 0 Å². The number of amides is 1. The zero-order chi connectivity index (χ0) is 17.1. The van der Waals surface area contributed by atoms with Crippen LogP contribution in [0.25, 0.3) is 0 Å². The Morgan fingerprint density at radius 1 is 1.21 bits per heavy atom. The minimum absolute atomic E-state index is 0.234. The van der Waals surface area contributed by atoms with Crippen LogP contribution < -0.4 is 0 Å². The average Bonchev–Trinajstić information content (AvgIpc) is 2.98. The molecule has 0 bridgehead atoms. The number of hydrogen-bond acceptors (Lipinski definition) is 4. The molecule has 2 aliphatic heterocycles. The van der Waals surface area contributed by atoms with Gasteiger partial charge in [0.1, 0.15) is 0 Å². The predicted molar refractivity (Wildman–Crippen MR) is 101 cm³/mol. The van der Waals surface area contributed by atoms with Crippen LogP contribution in [0.5, 0.6) is 0 Å². The molecular weight excluding hydrogens is 318 g/mol. The van der Waals surface area contributed by atoms with Crippen molar-refractivity contribution in [1.29, 1.82) is 0 Å². The molecule has 0 aliphatic carbocycles. The molecule has 0 radical (unpaired) electrons. The number of aryl methyl sites for hydroxylation is 2. The van der Waals surface area contributed by atoms with Crippen LogP contribution >= 0.6 is 11.3 Å². The Hall–Kier alpha value is -0.910. The molecule has 134 valence electrons. The van der Waals surface area contributed by atoms with Gasteiger partial charge in [-0.3, -0.25) is 9.69 Å². The number of nitrogens with zero attached hydrogens (tertiary/aromatic N) is 3. The zero-order valence-corrected chi connectivity index (χ0v) is 16.2. The van der Waals surface area contributed by atoms with E-state index in [2.05, 4.69) is 36.8 Å². The standard InChI is InChI=1S/C19H31N3OS/c1-4-17-15(2)13-18(24-17)19(23)22-11-9-21(10-12-22)14-16-7-5-6-8-20(16)3/h13,16H,4-12,14H2,1-3H3/t16-/m0/s1. The highest BCUT2D eigenvalue weighted by Crippen LogP contribution is 2.24.